The molecule has 0 atom stereocenters. The van der Waals surface area contributed by atoms with Crippen LogP contribution in [0.4, 0.5) is 10.1 Å². The molecular weight excluding hydrogens is 265 g/mol. The van der Waals surface area contributed by atoms with E-state index in [0.717, 1.165) is 29.8 Å². The highest BCUT2D eigenvalue weighted by molar-refractivity contribution is 7.12. The molecule has 0 unspecified atom stereocenters. The minimum atomic E-state index is -0.899. The molecule has 3 rings (SSSR count). The Balaban J connectivity index is 1.88. The van der Waals surface area contributed by atoms with Crippen LogP contribution in [0, 0.1) is 5.82 Å². The molecule has 3 nitrogen and oxygen atoms in total. The molecule has 0 spiro atoms. The van der Waals surface area contributed by atoms with Crippen molar-refractivity contribution in [2.75, 3.05) is 11.4 Å². The first-order chi connectivity index (χ1) is 9.15. The van der Waals surface area contributed by atoms with Crippen LogP contribution in [0.5, 0.6) is 0 Å². The van der Waals surface area contributed by atoms with Crippen LogP contribution in [0.2, 0.25) is 0 Å². The quantitative estimate of drug-likeness (QED) is 0.937. The number of rotatable bonds is 3. The number of thiophene rings is 1. The monoisotopic (exact) mass is 277 g/mol. The molecule has 1 aliphatic rings. The van der Waals surface area contributed by atoms with Crippen molar-refractivity contribution in [3.63, 3.8) is 0 Å². The van der Waals surface area contributed by atoms with Crippen LogP contribution in [0.15, 0.2) is 29.6 Å². The zero-order valence-corrected chi connectivity index (χ0v) is 10.9. The van der Waals surface area contributed by atoms with E-state index in [-0.39, 0.29) is 5.82 Å². The molecule has 2 heterocycles. The molecule has 2 aromatic rings. The van der Waals surface area contributed by atoms with Crippen molar-refractivity contribution in [2.24, 2.45) is 0 Å². The average molecular weight is 277 g/mol. The van der Waals surface area contributed by atoms with Gasteiger partial charge in [-0.25, -0.2) is 9.18 Å². The Hall–Kier alpha value is -1.88. The first kappa shape index (κ1) is 12.2. The van der Waals surface area contributed by atoms with Gasteiger partial charge in [-0.2, -0.15) is 0 Å². The van der Waals surface area contributed by atoms with E-state index in [0.29, 0.717) is 11.4 Å². The summed E-state index contributed by atoms with van der Waals surface area (Å²) in [7, 11) is 0. The fraction of sp³-hybridized carbons (Fsp3) is 0.214. The molecule has 0 bridgehead atoms. The number of carboxylic acid groups (broad SMARTS) is 1. The van der Waals surface area contributed by atoms with Crippen LogP contribution in [0.1, 0.15) is 20.8 Å². The van der Waals surface area contributed by atoms with E-state index < -0.39 is 5.97 Å². The summed E-state index contributed by atoms with van der Waals surface area (Å²) >= 11 is 1.23. The van der Waals surface area contributed by atoms with Crippen molar-refractivity contribution in [1.82, 2.24) is 0 Å². The van der Waals surface area contributed by atoms with Crippen LogP contribution in [-0.4, -0.2) is 17.6 Å². The number of halogens is 1. The number of hydrogen-bond acceptors (Lipinski definition) is 3. The lowest BCUT2D eigenvalue weighted by molar-refractivity contribution is 0.0701. The lowest BCUT2D eigenvalue weighted by Gasteiger charge is -2.19. The maximum absolute atomic E-state index is 13.3. The highest BCUT2D eigenvalue weighted by Crippen LogP contribution is 2.31. The molecule has 98 valence electrons. The van der Waals surface area contributed by atoms with Gasteiger partial charge in [0.25, 0.3) is 0 Å². The summed E-state index contributed by atoms with van der Waals surface area (Å²) in [5.41, 5.74) is 2.78. The van der Waals surface area contributed by atoms with Gasteiger partial charge in [-0.1, -0.05) is 6.07 Å². The minimum absolute atomic E-state index is 0.255. The van der Waals surface area contributed by atoms with Gasteiger partial charge in [-0.3, -0.25) is 0 Å². The standard InChI is InChI=1S/C14H12FNO2S/c15-11-2-1-9-3-5-16(12(9)7-11)8-10-4-6-19-13(10)14(17)18/h1-2,4,6-7H,3,5,8H2,(H,17,18). The van der Waals surface area contributed by atoms with Crippen LogP contribution >= 0.6 is 11.3 Å². The third-order valence-electron chi connectivity index (χ3n) is 3.34. The number of aromatic carboxylic acids is 1. The molecule has 0 radical (unpaired) electrons. The topological polar surface area (TPSA) is 40.5 Å². The number of fused-ring (bicyclic) bond motifs is 1. The number of carboxylic acids is 1. The van der Waals surface area contributed by atoms with Gasteiger partial charge in [0.1, 0.15) is 10.7 Å². The Kier molecular flexibility index (Phi) is 2.98. The molecule has 1 N–H and O–H groups in total. The first-order valence-electron chi connectivity index (χ1n) is 5.98. The molecule has 1 aliphatic heterocycles. The second kappa shape index (κ2) is 4.66. The smallest absolute Gasteiger partial charge is 0.346 e. The van der Waals surface area contributed by atoms with Crippen LogP contribution in [0.25, 0.3) is 0 Å². The molecule has 19 heavy (non-hydrogen) atoms. The fourth-order valence-corrected chi connectivity index (χ4v) is 3.19. The molecule has 0 saturated carbocycles. The summed E-state index contributed by atoms with van der Waals surface area (Å²) in [6.45, 7) is 1.31. The normalized spacial score (nSPS) is 13.6. The predicted molar refractivity (Wildman–Crippen MR) is 72.4 cm³/mol. The van der Waals surface area contributed by atoms with E-state index in [4.69, 9.17) is 5.11 Å². The van der Waals surface area contributed by atoms with Crippen LogP contribution in [0.3, 0.4) is 0 Å². The Morgan fingerprint density at radius 3 is 3.05 bits per heavy atom. The fourth-order valence-electron chi connectivity index (χ4n) is 2.44. The lowest BCUT2D eigenvalue weighted by atomic mass is 10.1. The number of anilines is 1. The van der Waals surface area contributed by atoms with Crippen molar-refractivity contribution < 1.29 is 14.3 Å². The van der Waals surface area contributed by atoms with Gasteiger partial charge in [-0.05, 0) is 41.1 Å². The van der Waals surface area contributed by atoms with Gasteiger partial charge in [-0.15, -0.1) is 11.3 Å². The van der Waals surface area contributed by atoms with Crippen molar-refractivity contribution in [2.45, 2.75) is 13.0 Å². The number of hydrogen-bond donors (Lipinski definition) is 1. The van der Waals surface area contributed by atoms with E-state index in [1.54, 1.807) is 11.4 Å². The van der Waals surface area contributed by atoms with Crippen molar-refractivity contribution >= 4 is 23.0 Å². The maximum Gasteiger partial charge on any atom is 0.346 e. The van der Waals surface area contributed by atoms with E-state index in [1.807, 2.05) is 11.0 Å². The number of nitrogens with zero attached hydrogens (tertiary/aromatic N) is 1. The van der Waals surface area contributed by atoms with Crippen molar-refractivity contribution in [3.8, 4) is 0 Å². The zero-order valence-electron chi connectivity index (χ0n) is 10.1. The van der Waals surface area contributed by atoms with E-state index in [1.165, 1.54) is 23.5 Å². The third kappa shape index (κ3) is 2.21. The Bertz CT molecular complexity index is 638. The summed E-state index contributed by atoms with van der Waals surface area (Å²) in [4.78, 5) is 13.5. The summed E-state index contributed by atoms with van der Waals surface area (Å²) < 4.78 is 13.3. The van der Waals surface area contributed by atoms with Gasteiger partial charge in [0.05, 0.1) is 0 Å². The van der Waals surface area contributed by atoms with Gasteiger partial charge in [0, 0.05) is 18.8 Å². The SMILES string of the molecule is O=C(O)c1sccc1CN1CCc2ccc(F)cc21. The first-order valence-corrected chi connectivity index (χ1v) is 6.86. The van der Waals surface area contributed by atoms with Crippen molar-refractivity contribution in [3.05, 3.63) is 51.5 Å². The zero-order chi connectivity index (χ0) is 13.4. The summed E-state index contributed by atoms with van der Waals surface area (Å²) in [5, 5.41) is 10.9. The molecule has 0 aliphatic carbocycles. The largest absolute Gasteiger partial charge is 0.477 e. The minimum Gasteiger partial charge on any atom is -0.477 e. The maximum atomic E-state index is 13.3. The van der Waals surface area contributed by atoms with E-state index in [2.05, 4.69) is 0 Å². The Morgan fingerprint density at radius 1 is 1.42 bits per heavy atom. The Labute approximate surface area is 113 Å². The predicted octanol–water partition coefficient (Wildman–Crippen LogP) is 3.15. The van der Waals surface area contributed by atoms with Gasteiger partial charge in [0.15, 0.2) is 0 Å². The van der Waals surface area contributed by atoms with Crippen LogP contribution in [-0.2, 0) is 13.0 Å². The van der Waals surface area contributed by atoms with E-state index in [9.17, 15) is 9.18 Å². The second-order valence-electron chi connectivity index (χ2n) is 4.52. The third-order valence-corrected chi connectivity index (χ3v) is 4.29. The van der Waals surface area contributed by atoms with E-state index >= 15 is 0 Å². The lowest BCUT2D eigenvalue weighted by Crippen LogP contribution is -2.20. The molecule has 1 aromatic heterocycles. The highest BCUT2D eigenvalue weighted by Gasteiger charge is 2.22. The van der Waals surface area contributed by atoms with Gasteiger partial charge >= 0.3 is 5.97 Å². The van der Waals surface area contributed by atoms with Crippen LogP contribution < -0.4 is 4.90 Å². The van der Waals surface area contributed by atoms with Crippen molar-refractivity contribution in [1.29, 1.82) is 0 Å². The molecule has 0 fully saturated rings. The molecule has 5 heteroatoms. The number of benzene rings is 1. The summed E-state index contributed by atoms with van der Waals surface area (Å²) in [6.07, 6.45) is 0.877. The number of carbonyl (C=O) groups is 1. The molecule has 0 saturated heterocycles. The second-order valence-corrected chi connectivity index (χ2v) is 5.44. The summed E-state index contributed by atoms with van der Waals surface area (Å²) in [6, 6.07) is 6.62. The summed E-state index contributed by atoms with van der Waals surface area (Å²) in [5.74, 6) is -1.15. The van der Waals surface area contributed by atoms with Gasteiger partial charge in [0.2, 0.25) is 0 Å². The molecule has 0 amide bonds. The Morgan fingerprint density at radius 2 is 2.26 bits per heavy atom. The average Bonchev–Trinajstić information content (AvgIpc) is 2.97. The molecule has 1 aromatic carbocycles. The molecular formula is C14H12FNO2S. The van der Waals surface area contributed by atoms with Gasteiger partial charge < -0.3 is 10.0 Å². The highest BCUT2D eigenvalue weighted by atomic mass is 32.1.